The predicted molar refractivity (Wildman–Crippen MR) is 119 cm³/mol. The minimum absolute atomic E-state index is 0.0473. The van der Waals surface area contributed by atoms with Gasteiger partial charge in [0.2, 0.25) is 10.0 Å². The zero-order chi connectivity index (χ0) is 20.7. The Balaban J connectivity index is 1.75. The van der Waals surface area contributed by atoms with Gasteiger partial charge in [0.25, 0.3) is 5.91 Å². The molecule has 1 aliphatic rings. The van der Waals surface area contributed by atoms with Crippen LogP contribution in [0.4, 0.5) is 5.69 Å². The van der Waals surface area contributed by atoms with Crippen LogP contribution in [0.5, 0.6) is 0 Å². The molecule has 2 aromatic carbocycles. The Morgan fingerprint density at radius 2 is 1.90 bits per heavy atom. The highest BCUT2D eigenvalue weighted by Gasteiger charge is 2.17. The number of thioether (sulfide) groups is 1. The van der Waals surface area contributed by atoms with Crippen LogP contribution < -0.4 is 10.0 Å². The Kier molecular flexibility index (Phi) is 7.49. The molecule has 29 heavy (non-hydrogen) atoms. The number of benzene rings is 2. The van der Waals surface area contributed by atoms with Crippen LogP contribution in [0.2, 0.25) is 0 Å². The van der Waals surface area contributed by atoms with Gasteiger partial charge in [0.15, 0.2) is 0 Å². The third kappa shape index (κ3) is 5.93. The highest BCUT2D eigenvalue weighted by atomic mass is 32.2. The van der Waals surface area contributed by atoms with Crippen molar-refractivity contribution in [2.24, 2.45) is 0 Å². The van der Waals surface area contributed by atoms with Gasteiger partial charge in [-0.25, -0.2) is 13.1 Å². The van der Waals surface area contributed by atoms with Crippen LogP contribution in [0.25, 0.3) is 0 Å². The lowest BCUT2D eigenvalue weighted by Crippen LogP contribution is -2.32. The lowest BCUT2D eigenvalue weighted by molar-refractivity contribution is 0.102. The molecule has 0 saturated carbocycles. The summed E-state index contributed by atoms with van der Waals surface area (Å²) in [5.74, 6) is 1.90. The summed E-state index contributed by atoms with van der Waals surface area (Å²) in [6.45, 7) is 6.47. The van der Waals surface area contributed by atoms with E-state index in [1.165, 1.54) is 18.2 Å². The van der Waals surface area contributed by atoms with E-state index < -0.39 is 10.0 Å². The molecule has 0 bridgehead atoms. The second kappa shape index (κ2) is 10.1. The monoisotopic (exact) mass is 431 g/mol. The summed E-state index contributed by atoms with van der Waals surface area (Å²) in [5.41, 5.74) is 2.08. The van der Waals surface area contributed by atoms with Crippen LogP contribution in [0.3, 0.4) is 0 Å². The van der Waals surface area contributed by atoms with E-state index in [1.807, 2.05) is 36.0 Å². The van der Waals surface area contributed by atoms with Gasteiger partial charge in [-0.2, -0.15) is 11.8 Å². The summed E-state index contributed by atoms with van der Waals surface area (Å²) >= 11 is 1.96. The first-order chi connectivity index (χ1) is 14.0. The van der Waals surface area contributed by atoms with E-state index in [0.717, 1.165) is 42.4 Å². The quantitative estimate of drug-likeness (QED) is 0.629. The predicted octanol–water partition coefficient (Wildman–Crippen LogP) is 2.95. The Hall–Kier alpha value is -2.13. The molecular formula is C21H25N3O3S2. The fourth-order valence-electron chi connectivity index (χ4n) is 3.03. The van der Waals surface area contributed by atoms with Crippen molar-refractivity contribution in [3.8, 4) is 0 Å². The SMILES string of the molecule is C=CCNS(=O)(=O)c1cccc(C(=O)Nc2ccccc2CN2CCSCC2)c1. The maximum absolute atomic E-state index is 12.8. The zero-order valence-corrected chi connectivity index (χ0v) is 17.8. The van der Waals surface area contributed by atoms with E-state index in [-0.39, 0.29) is 22.9 Å². The van der Waals surface area contributed by atoms with Crippen LogP contribution in [-0.2, 0) is 16.6 Å². The van der Waals surface area contributed by atoms with Gasteiger partial charge in [-0.3, -0.25) is 9.69 Å². The number of carbonyl (C=O) groups excluding carboxylic acids is 1. The summed E-state index contributed by atoms with van der Waals surface area (Å²) in [6.07, 6.45) is 1.46. The molecule has 2 aromatic rings. The molecular weight excluding hydrogens is 406 g/mol. The first-order valence-corrected chi connectivity index (χ1v) is 12.0. The number of nitrogens with one attached hydrogen (secondary N) is 2. The number of rotatable bonds is 8. The molecule has 0 aliphatic carbocycles. The van der Waals surface area contributed by atoms with Crippen LogP contribution in [0.15, 0.2) is 66.1 Å². The van der Waals surface area contributed by atoms with Gasteiger partial charge in [-0.05, 0) is 29.8 Å². The van der Waals surface area contributed by atoms with E-state index in [2.05, 4.69) is 21.5 Å². The van der Waals surface area contributed by atoms with E-state index in [4.69, 9.17) is 0 Å². The summed E-state index contributed by atoms with van der Waals surface area (Å²) in [6, 6.07) is 13.7. The lowest BCUT2D eigenvalue weighted by Gasteiger charge is -2.27. The third-order valence-corrected chi connectivity index (χ3v) is 6.95. The third-order valence-electron chi connectivity index (χ3n) is 4.59. The second-order valence-corrected chi connectivity index (χ2v) is 9.66. The van der Waals surface area contributed by atoms with Crippen LogP contribution in [0, 0.1) is 0 Å². The molecule has 1 fully saturated rings. The number of carbonyl (C=O) groups is 1. The molecule has 8 heteroatoms. The lowest BCUT2D eigenvalue weighted by atomic mass is 10.1. The highest BCUT2D eigenvalue weighted by Crippen LogP contribution is 2.21. The van der Waals surface area contributed by atoms with Gasteiger partial charge in [0.1, 0.15) is 0 Å². The zero-order valence-electron chi connectivity index (χ0n) is 16.1. The topological polar surface area (TPSA) is 78.5 Å². The molecule has 1 saturated heterocycles. The Morgan fingerprint density at radius 3 is 2.66 bits per heavy atom. The van der Waals surface area contributed by atoms with Crippen LogP contribution >= 0.6 is 11.8 Å². The van der Waals surface area contributed by atoms with Gasteiger partial charge in [0, 0.05) is 48.9 Å². The Labute approximate surface area is 176 Å². The Bertz CT molecular complexity index is 971. The number of amides is 1. The summed E-state index contributed by atoms with van der Waals surface area (Å²) in [4.78, 5) is 15.2. The molecule has 3 rings (SSSR count). The van der Waals surface area contributed by atoms with E-state index in [0.29, 0.717) is 0 Å². The summed E-state index contributed by atoms with van der Waals surface area (Å²) in [7, 11) is -3.69. The molecule has 0 atom stereocenters. The molecule has 0 unspecified atom stereocenters. The molecule has 0 aromatic heterocycles. The van der Waals surface area contributed by atoms with Gasteiger partial charge in [-0.15, -0.1) is 6.58 Å². The fraction of sp³-hybridized carbons (Fsp3) is 0.286. The first-order valence-electron chi connectivity index (χ1n) is 9.39. The molecule has 154 valence electrons. The van der Waals surface area contributed by atoms with Crippen molar-refractivity contribution in [1.82, 2.24) is 9.62 Å². The molecule has 0 spiro atoms. The highest BCUT2D eigenvalue weighted by molar-refractivity contribution is 7.99. The molecule has 1 aliphatic heterocycles. The molecule has 2 N–H and O–H groups in total. The maximum atomic E-state index is 12.8. The van der Waals surface area contributed by atoms with E-state index >= 15 is 0 Å². The van der Waals surface area contributed by atoms with Gasteiger partial charge < -0.3 is 5.32 Å². The molecule has 0 radical (unpaired) electrons. The maximum Gasteiger partial charge on any atom is 0.255 e. The largest absolute Gasteiger partial charge is 0.322 e. The standard InChI is InChI=1S/C21H25N3O3S2/c1-2-10-22-29(26,27)19-8-5-7-17(15-19)21(25)23-20-9-4-3-6-18(20)16-24-11-13-28-14-12-24/h2-9,15,22H,1,10-14,16H2,(H,23,25). The fourth-order valence-corrected chi connectivity index (χ4v) is 5.05. The normalized spacial score (nSPS) is 15.0. The van der Waals surface area contributed by atoms with Gasteiger partial charge >= 0.3 is 0 Å². The van der Waals surface area contributed by atoms with Crippen molar-refractivity contribution in [3.63, 3.8) is 0 Å². The average Bonchev–Trinajstić information content (AvgIpc) is 2.74. The first kappa shape index (κ1) is 21.6. The van der Waals surface area contributed by atoms with E-state index in [1.54, 1.807) is 12.1 Å². The number of hydrogen-bond donors (Lipinski definition) is 2. The summed E-state index contributed by atoms with van der Waals surface area (Å²) < 4.78 is 27.0. The minimum Gasteiger partial charge on any atom is -0.322 e. The summed E-state index contributed by atoms with van der Waals surface area (Å²) in [5, 5.41) is 2.94. The number of sulfonamides is 1. The van der Waals surface area contributed by atoms with Gasteiger partial charge in [-0.1, -0.05) is 30.3 Å². The number of para-hydroxylation sites is 1. The number of nitrogens with zero attached hydrogens (tertiary/aromatic N) is 1. The number of anilines is 1. The van der Waals surface area contributed by atoms with Crippen molar-refractivity contribution in [1.29, 1.82) is 0 Å². The molecule has 6 nitrogen and oxygen atoms in total. The van der Waals surface area contributed by atoms with Crippen molar-refractivity contribution < 1.29 is 13.2 Å². The molecule has 1 amide bonds. The van der Waals surface area contributed by atoms with Crippen molar-refractivity contribution in [2.75, 3.05) is 36.5 Å². The van der Waals surface area contributed by atoms with Crippen molar-refractivity contribution >= 4 is 33.4 Å². The van der Waals surface area contributed by atoms with Crippen LogP contribution in [-0.4, -0.2) is 50.4 Å². The van der Waals surface area contributed by atoms with Crippen molar-refractivity contribution in [3.05, 3.63) is 72.3 Å². The Morgan fingerprint density at radius 1 is 1.14 bits per heavy atom. The smallest absolute Gasteiger partial charge is 0.255 e. The van der Waals surface area contributed by atoms with Crippen molar-refractivity contribution in [2.45, 2.75) is 11.4 Å². The minimum atomic E-state index is -3.69. The molecule has 1 heterocycles. The number of hydrogen-bond acceptors (Lipinski definition) is 5. The van der Waals surface area contributed by atoms with Crippen LogP contribution in [0.1, 0.15) is 15.9 Å². The average molecular weight is 432 g/mol. The second-order valence-electron chi connectivity index (χ2n) is 6.67. The van der Waals surface area contributed by atoms with Gasteiger partial charge in [0.05, 0.1) is 4.90 Å². The van der Waals surface area contributed by atoms with E-state index in [9.17, 15) is 13.2 Å².